The Kier molecular flexibility index (Phi) is 6.39. The summed E-state index contributed by atoms with van der Waals surface area (Å²) in [6.45, 7) is 3.38. The van der Waals surface area contributed by atoms with Crippen molar-refractivity contribution < 1.29 is 17.9 Å². The van der Waals surface area contributed by atoms with Crippen LogP contribution in [0.2, 0.25) is 0 Å². The maximum absolute atomic E-state index is 12.9. The number of sulfone groups is 1. The number of rotatable bonds is 8. The van der Waals surface area contributed by atoms with E-state index in [1.54, 1.807) is 12.1 Å². The van der Waals surface area contributed by atoms with Gasteiger partial charge in [-0.3, -0.25) is 19.5 Å². The van der Waals surface area contributed by atoms with E-state index >= 15 is 0 Å². The highest BCUT2D eigenvalue weighted by molar-refractivity contribution is 7.90. The standard InChI is InChI=1S/C28H31N5O4S/c1-17-13-24-28(29-17)25(15-20(30-24)16-26(34)18-3-4-18)31-23-6-5-19(14-27(23)38(2,35)36)22-7-10-33(32-22)21-8-11-37-12-9-21/h5-7,10,14-15,18,21H,3-4,8-9,11-13,16H2,1-2H3,(H,30,31). The van der Waals surface area contributed by atoms with Crippen LogP contribution < -0.4 is 5.32 Å². The highest BCUT2D eigenvalue weighted by atomic mass is 32.2. The predicted octanol–water partition coefficient (Wildman–Crippen LogP) is 4.61. The van der Waals surface area contributed by atoms with E-state index in [0.29, 0.717) is 29.2 Å². The van der Waals surface area contributed by atoms with E-state index in [2.05, 4.69) is 10.3 Å². The van der Waals surface area contributed by atoms with Crippen LogP contribution in [-0.4, -0.2) is 54.1 Å². The summed E-state index contributed by atoms with van der Waals surface area (Å²) < 4.78 is 33.2. The Morgan fingerprint density at radius 2 is 1.89 bits per heavy atom. The molecule has 2 aromatic heterocycles. The van der Waals surface area contributed by atoms with E-state index in [4.69, 9.17) is 14.8 Å². The quantitative estimate of drug-likeness (QED) is 0.449. The third-order valence-corrected chi connectivity index (χ3v) is 8.49. The number of fused-ring (bicyclic) bond motifs is 1. The van der Waals surface area contributed by atoms with Crippen LogP contribution in [0, 0.1) is 5.92 Å². The third kappa shape index (κ3) is 5.15. The number of ketones is 1. The number of benzene rings is 1. The minimum Gasteiger partial charge on any atom is -0.381 e. The Hall–Kier alpha value is -3.37. The Balaban J connectivity index is 1.33. The Bertz CT molecular complexity index is 1550. The molecule has 0 bridgehead atoms. The summed E-state index contributed by atoms with van der Waals surface area (Å²) in [6.07, 6.45) is 7.76. The van der Waals surface area contributed by atoms with Crippen LogP contribution in [0.5, 0.6) is 0 Å². The number of Topliss-reactive ketones (excluding diaryl/α,β-unsaturated/α-hetero) is 1. The van der Waals surface area contributed by atoms with Crippen molar-refractivity contribution in [3.05, 3.63) is 47.9 Å². The Labute approximate surface area is 222 Å². The number of anilines is 2. The summed E-state index contributed by atoms with van der Waals surface area (Å²) in [5, 5.41) is 8.06. The average molecular weight is 534 g/mol. The van der Waals surface area contributed by atoms with E-state index in [1.165, 1.54) is 6.26 Å². The zero-order chi connectivity index (χ0) is 26.4. The number of aromatic nitrogens is 3. The molecule has 2 aliphatic heterocycles. The first-order valence-electron chi connectivity index (χ1n) is 13.1. The molecule has 0 amide bonds. The van der Waals surface area contributed by atoms with Gasteiger partial charge >= 0.3 is 0 Å². The first kappa shape index (κ1) is 24.9. The molecule has 0 unspecified atom stereocenters. The molecule has 9 nitrogen and oxygen atoms in total. The van der Waals surface area contributed by atoms with Crippen molar-refractivity contribution in [2.24, 2.45) is 10.9 Å². The van der Waals surface area contributed by atoms with Crippen LogP contribution in [0.4, 0.5) is 17.1 Å². The van der Waals surface area contributed by atoms with Crippen molar-refractivity contribution in [2.45, 2.75) is 56.4 Å². The number of carbonyl (C=O) groups is 1. The molecule has 0 atom stereocenters. The number of ether oxygens (including phenoxy) is 1. The van der Waals surface area contributed by atoms with Crippen molar-refractivity contribution in [3.63, 3.8) is 0 Å². The molecule has 6 rings (SSSR count). The van der Waals surface area contributed by atoms with E-state index < -0.39 is 9.84 Å². The number of hydrogen-bond acceptors (Lipinski definition) is 8. The smallest absolute Gasteiger partial charge is 0.177 e. The molecule has 0 spiro atoms. The number of pyridine rings is 1. The summed E-state index contributed by atoms with van der Waals surface area (Å²) in [6, 6.07) is 9.35. The van der Waals surface area contributed by atoms with Crippen molar-refractivity contribution in [1.29, 1.82) is 0 Å². The molecule has 3 aromatic rings. The fourth-order valence-corrected chi connectivity index (χ4v) is 6.03. The molecule has 2 fully saturated rings. The van der Waals surface area contributed by atoms with Gasteiger partial charge in [0.25, 0.3) is 0 Å². The van der Waals surface area contributed by atoms with Gasteiger partial charge in [0, 0.05) is 55.7 Å². The van der Waals surface area contributed by atoms with Gasteiger partial charge in [-0.05, 0) is 56.9 Å². The number of nitrogens with zero attached hydrogens (tertiary/aromatic N) is 4. The largest absolute Gasteiger partial charge is 0.381 e. The average Bonchev–Trinajstić information content (AvgIpc) is 3.50. The minimum absolute atomic E-state index is 0.152. The van der Waals surface area contributed by atoms with Gasteiger partial charge in [0.05, 0.1) is 39.4 Å². The molecular weight excluding hydrogens is 502 g/mol. The lowest BCUT2D eigenvalue weighted by Crippen LogP contribution is -2.19. The van der Waals surface area contributed by atoms with Crippen molar-refractivity contribution in [1.82, 2.24) is 14.8 Å². The van der Waals surface area contributed by atoms with Crippen LogP contribution >= 0.6 is 0 Å². The topological polar surface area (TPSA) is 116 Å². The fraction of sp³-hybridized carbons (Fsp3) is 0.429. The van der Waals surface area contributed by atoms with Crippen molar-refractivity contribution in [3.8, 4) is 11.3 Å². The molecule has 1 aromatic carbocycles. The lowest BCUT2D eigenvalue weighted by molar-refractivity contribution is -0.119. The first-order valence-corrected chi connectivity index (χ1v) is 15.0. The highest BCUT2D eigenvalue weighted by Gasteiger charge is 2.30. The first-order chi connectivity index (χ1) is 18.2. The van der Waals surface area contributed by atoms with Gasteiger partial charge in [-0.2, -0.15) is 5.10 Å². The van der Waals surface area contributed by atoms with E-state index in [1.807, 2.05) is 36.0 Å². The predicted molar refractivity (Wildman–Crippen MR) is 145 cm³/mol. The fourth-order valence-electron chi connectivity index (χ4n) is 5.17. The van der Waals surface area contributed by atoms with Crippen LogP contribution in [0.15, 0.2) is 46.4 Å². The highest BCUT2D eigenvalue weighted by Crippen LogP contribution is 2.39. The van der Waals surface area contributed by atoms with Gasteiger partial charge < -0.3 is 10.1 Å². The Morgan fingerprint density at radius 1 is 1.11 bits per heavy atom. The number of hydrogen-bond donors (Lipinski definition) is 1. The summed E-state index contributed by atoms with van der Waals surface area (Å²) in [5.74, 6) is 0.360. The maximum atomic E-state index is 12.9. The molecule has 0 radical (unpaired) electrons. The zero-order valence-corrected chi connectivity index (χ0v) is 22.4. The summed E-state index contributed by atoms with van der Waals surface area (Å²) in [4.78, 5) is 22.0. The van der Waals surface area contributed by atoms with Crippen LogP contribution in [0.3, 0.4) is 0 Å². The second kappa shape index (κ2) is 9.74. The lowest BCUT2D eigenvalue weighted by atomic mass is 10.1. The molecule has 1 saturated heterocycles. The molecule has 1 N–H and O–H groups in total. The molecule has 4 heterocycles. The molecule has 10 heteroatoms. The third-order valence-electron chi connectivity index (χ3n) is 7.35. The van der Waals surface area contributed by atoms with Crippen LogP contribution in [-0.2, 0) is 32.2 Å². The van der Waals surface area contributed by atoms with Gasteiger partial charge in [0.1, 0.15) is 11.5 Å². The molecule has 3 aliphatic rings. The van der Waals surface area contributed by atoms with E-state index in [0.717, 1.165) is 61.6 Å². The van der Waals surface area contributed by atoms with Crippen molar-refractivity contribution >= 4 is 38.4 Å². The number of aliphatic imine (C=N–C) groups is 1. The van der Waals surface area contributed by atoms with Crippen LogP contribution in [0.25, 0.3) is 11.3 Å². The maximum Gasteiger partial charge on any atom is 0.177 e. The van der Waals surface area contributed by atoms with E-state index in [9.17, 15) is 13.2 Å². The molecule has 38 heavy (non-hydrogen) atoms. The summed E-state index contributed by atoms with van der Waals surface area (Å²) in [5.41, 5.74) is 5.68. The normalized spacial score (nSPS) is 17.8. The Morgan fingerprint density at radius 3 is 2.63 bits per heavy atom. The second-order valence-electron chi connectivity index (χ2n) is 10.5. The van der Waals surface area contributed by atoms with Gasteiger partial charge in [0.2, 0.25) is 0 Å². The van der Waals surface area contributed by atoms with Gasteiger partial charge in [-0.25, -0.2) is 8.42 Å². The second-order valence-corrected chi connectivity index (χ2v) is 12.5. The zero-order valence-electron chi connectivity index (χ0n) is 21.6. The molecule has 1 saturated carbocycles. The van der Waals surface area contributed by atoms with Crippen LogP contribution in [0.1, 0.15) is 50.0 Å². The van der Waals surface area contributed by atoms with Crippen molar-refractivity contribution in [2.75, 3.05) is 24.8 Å². The van der Waals surface area contributed by atoms with Gasteiger partial charge in [-0.1, -0.05) is 6.07 Å². The minimum atomic E-state index is -3.57. The monoisotopic (exact) mass is 533 g/mol. The van der Waals surface area contributed by atoms with Gasteiger partial charge in [0.15, 0.2) is 9.84 Å². The SMILES string of the molecule is CC1=Nc2c(Nc3ccc(-c4ccn(C5CCOCC5)n4)cc3S(C)(=O)=O)cc(CC(=O)C3CC3)nc2C1. The van der Waals surface area contributed by atoms with E-state index in [-0.39, 0.29) is 29.1 Å². The van der Waals surface area contributed by atoms with Gasteiger partial charge in [-0.15, -0.1) is 0 Å². The number of carbonyl (C=O) groups excluding carboxylic acids is 1. The number of nitrogens with one attached hydrogen (secondary N) is 1. The molecule has 1 aliphatic carbocycles. The lowest BCUT2D eigenvalue weighted by Gasteiger charge is -2.22. The summed E-state index contributed by atoms with van der Waals surface area (Å²) >= 11 is 0. The molecule has 198 valence electrons. The molecular formula is C28H31N5O4S. The summed E-state index contributed by atoms with van der Waals surface area (Å²) in [7, 11) is -3.57.